The van der Waals surface area contributed by atoms with Crippen LogP contribution < -0.4 is 5.32 Å². The van der Waals surface area contributed by atoms with Gasteiger partial charge in [-0.15, -0.1) is 10.2 Å². The molecule has 202 valence electrons. The van der Waals surface area contributed by atoms with Crippen molar-refractivity contribution in [3.63, 3.8) is 0 Å². The molecule has 1 unspecified atom stereocenters. The molecule has 0 saturated heterocycles. The van der Waals surface area contributed by atoms with Gasteiger partial charge in [0.1, 0.15) is 0 Å². The van der Waals surface area contributed by atoms with Crippen LogP contribution in [0.1, 0.15) is 86.7 Å². The summed E-state index contributed by atoms with van der Waals surface area (Å²) in [6, 6.07) is 15.5. The first-order valence-corrected chi connectivity index (χ1v) is 14.1. The molecule has 0 radical (unpaired) electrons. The number of carbonyl (C=O) groups is 2. The third-order valence-electron chi connectivity index (χ3n) is 7.67. The highest BCUT2D eigenvalue weighted by Crippen LogP contribution is 2.39. The van der Waals surface area contributed by atoms with Gasteiger partial charge in [-0.1, -0.05) is 78.3 Å². The summed E-state index contributed by atoms with van der Waals surface area (Å²) in [5, 5.41) is 16.8. The van der Waals surface area contributed by atoms with Crippen LogP contribution in [0.4, 0.5) is 4.79 Å². The van der Waals surface area contributed by atoms with Crippen molar-refractivity contribution in [3.05, 3.63) is 75.5 Å². The molecule has 0 bridgehead atoms. The van der Waals surface area contributed by atoms with Crippen molar-refractivity contribution in [2.45, 2.75) is 78.4 Å². The van der Waals surface area contributed by atoms with Crippen molar-refractivity contribution in [2.75, 3.05) is 0 Å². The molecule has 0 spiro atoms. The number of carbonyl (C=O) groups excluding carboxylic acids is 2. The fraction of sp³-hybridized carbons (Fsp3) is 0.483. The summed E-state index contributed by atoms with van der Waals surface area (Å²) in [5.74, 6) is 0.957. The normalized spacial score (nSPS) is 18.6. The van der Waals surface area contributed by atoms with Crippen molar-refractivity contribution in [2.24, 2.45) is 11.3 Å². The Morgan fingerprint density at radius 1 is 1.05 bits per heavy atom. The number of aromatic nitrogens is 4. The molecule has 2 amide bonds. The predicted molar refractivity (Wildman–Crippen MR) is 150 cm³/mol. The van der Waals surface area contributed by atoms with Gasteiger partial charge in [-0.3, -0.25) is 4.79 Å². The van der Waals surface area contributed by atoms with E-state index in [9.17, 15) is 9.59 Å². The molecule has 2 aromatic carbocycles. The zero-order valence-corrected chi connectivity index (χ0v) is 24.2. The van der Waals surface area contributed by atoms with E-state index >= 15 is 0 Å². The van der Waals surface area contributed by atoms with Crippen LogP contribution >= 0.6 is 15.9 Å². The lowest BCUT2D eigenvalue weighted by molar-refractivity contribution is 0.0988. The van der Waals surface area contributed by atoms with Gasteiger partial charge in [0, 0.05) is 22.6 Å². The van der Waals surface area contributed by atoms with Crippen LogP contribution in [0.5, 0.6) is 0 Å². The number of hydrogen-bond acceptors (Lipinski definition) is 5. The summed E-state index contributed by atoms with van der Waals surface area (Å²) in [6.45, 7) is 9.43. The molecule has 1 atom stereocenters. The van der Waals surface area contributed by atoms with Crippen LogP contribution in [-0.4, -0.2) is 43.4 Å². The van der Waals surface area contributed by atoms with Gasteiger partial charge in [0.05, 0.1) is 12.5 Å². The van der Waals surface area contributed by atoms with Crippen LogP contribution in [0, 0.1) is 11.3 Å². The molecule has 3 aromatic rings. The minimum atomic E-state index is -0.117. The van der Waals surface area contributed by atoms with Crippen LogP contribution in [0.2, 0.25) is 0 Å². The van der Waals surface area contributed by atoms with Crippen molar-refractivity contribution < 1.29 is 9.59 Å². The Labute approximate surface area is 233 Å². The first kappa shape index (κ1) is 28.0. The molecular weight excluding hydrogens is 544 g/mol. The second-order valence-corrected chi connectivity index (χ2v) is 12.3. The second kappa shape index (κ2) is 12.2. The van der Waals surface area contributed by atoms with E-state index in [4.69, 9.17) is 0 Å². The smallest absolute Gasteiger partial charge is 0.318 e. The highest BCUT2D eigenvalue weighted by atomic mass is 79.9. The Bertz CT molecular complexity index is 1200. The Hall–Kier alpha value is -3.07. The van der Waals surface area contributed by atoms with E-state index in [1.54, 1.807) is 0 Å². The van der Waals surface area contributed by atoms with Crippen LogP contribution in [0.15, 0.2) is 53.0 Å². The summed E-state index contributed by atoms with van der Waals surface area (Å²) in [5.41, 5.74) is 2.91. The number of hydrogen-bond donors (Lipinski definition) is 2. The number of H-pyrrole nitrogens is 1. The zero-order chi connectivity index (χ0) is 27.3. The SMILES string of the molecule is CC(NC(=O)N(Cc1ccc(C(=O)Cc2nn[nH]n2)cc1)C1CCC(C(C)(C)C)CC1)c1ccc(Br)cc1. The summed E-state index contributed by atoms with van der Waals surface area (Å²) >= 11 is 3.48. The fourth-order valence-electron chi connectivity index (χ4n) is 5.22. The predicted octanol–water partition coefficient (Wildman–Crippen LogP) is 6.27. The number of nitrogens with one attached hydrogen (secondary N) is 2. The highest BCUT2D eigenvalue weighted by molar-refractivity contribution is 9.10. The largest absolute Gasteiger partial charge is 0.331 e. The highest BCUT2D eigenvalue weighted by Gasteiger charge is 2.34. The van der Waals surface area contributed by atoms with Gasteiger partial charge in [-0.05, 0) is 67.2 Å². The van der Waals surface area contributed by atoms with Gasteiger partial charge in [0.25, 0.3) is 0 Å². The maximum atomic E-state index is 13.7. The Balaban J connectivity index is 1.47. The summed E-state index contributed by atoms with van der Waals surface area (Å²) in [6.07, 6.45) is 4.30. The van der Waals surface area contributed by atoms with Gasteiger partial charge in [-0.2, -0.15) is 5.21 Å². The third-order valence-corrected chi connectivity index (χ3v) is 8.20. The maximum Gasteiger partial charge on any atom is 0.318 e. The quantitative estimate of drug-likeness (QED) is 0.306. The number of amides is 2. The molecule has 0 aliphatic heterocycles. The van der Waals surface area contributed by atoms with Gasteiger partial charge in [-0.25, -0.2) is 4.79 Å². The van der Waals surface area contributed by atoms with E-state index in [-0.39, 0.29) is 35.7 Å². The number of halogens is 1. The number of nitrogens with zero attached hydrogens (tertiary/aromatic N) is 4. The summed E-state index contributed by atoms with van der Waals surface area (Å²) in [4.78, 5) is 28.2. The number of tetrazole rings is 1. The third kappa shape index (κ3) is 7.28. The van der Waals surface area contributed by atoms with E-state index in [0.717, 1.165) is 41.3 Å². The molecule has 1 heterocycles. The van der Waals surface area contributed by atoms with E-state index in [1.165, 1.54) is 0 Å². The van der Waals surface area contributed by atoms with E-state index in [0.29, 0.717) is 23.9 Å². The fourth-order valence-corrected chi connectivity index (χ4v) is 5.48. The Kier molecular flexibility index (Phi) is 8.97. The maximum absolute atomic E-state index is 13.7. The molecule has 1 aromatic heterocycles. The van der Waals surface area contributed by atoms with Crippen LogP contribution in [0.25, 0.3) is 0 Å². The molecule has 1 aliphatic carbocycles. The van der Waals surface area contributed by atoms with Gasteiger partial charge in [0.2, 0.25) is 0 Å². The lowest BCUT2D eigenvalue weighted by Gasteiger charge is -2.41. The average molecular weight is 582 g/mol. The molecule has 9 heteroatoms. The molecule has 4 rings (SSSR count). The van der Waals surface area contributed by atoms with Gasteiger partial charge >= 0.3 is 6.03 Å². The summed E-state index contributed by atoms with van der Waals surface area (Å²) < 4.78 is 1.01. The van der Waals surface area contributed by atoms with E-state index < -0.39 is 0 Å². The van der Waals surface area contributed by atoms with Crippen molar-refractivity contribution in [1.82, 2.24) is 30.8 Å². The average Bonchev–Trinajstić information content (AvgIpc) is 3.40. The first-order chi connectivity index (χ1) is 18.1. The number of rotatable bonds is 8. The minimum Gasteiger partial charge on any atom is -0.331 e. The second-order valence-electron chi connectivity index (χ2n) is 11.3. The lowest BCUT2D eigenvalue weighted by Crippen LogP contribution is -2.48. The van der Waals surface area contributed by atoms with Crippen molar-refractivity contribution in [1.29, 1.82) is 0 Å². The number of urea groups is 1. The van der Waals surface area contributed by atoms with Gasteiger partial charge < -0.3 is 10.2 Å². The van der Waals surface area contributed by atoms with Crippen LogP contribution in [0.3, 0.4) is 0 Å². The minimum absolute atomic E-state index is 0.0584. The molecule has 1 saturated carbocycles. The lowest BCUT2D eigenvalue weighted by atomic mass is 9.71. The molecule has 8 nitrogen and oxygen atoms in total. The number of ketones is 1. The van der Waals surface area contributed by atoms with Gasteiger partial charge in [0.15, 0.2) is 11.6 Å². The zero-order valence-electron chi connectivity index (χ0n) is 22.6. The molecule has 1 aliphatic rings. The monoisotopic (exact) mass is 580 g/mol. The van der Waals surface area contributed by atoms with E-state index in [2.05, 4.69) is 62.6 Å². The summed E-state index contributed by atoms with van der Waals surface area (Å²) in [7, 11) is 0. The molecule has 38 heavy (non-hydrogen) atoms. The first-order valence-electron chi connectivity index (χ1n) is 13.3. The Morgan fingerprint density at radius 3 is 2.29 bits per heavy atom. The topological polar surface area (TPSA) is 104 Å². The number of aromatic amines is 1. The number of benzene rings is 2. The Morgan fingerprint density at radius 2 is 1.71 bits per heavy atom. The molecular formula is C29H37BrN6O2. The van der Waals surface area contributed by atoms with Crippen LogP contribution in [-0.2, 0) is 13.0 Å². The van der Waals surface area contributed by atoms with Crippen molar-refractivity contribution >= 4 is 27.7 Å². The molecule has 1 fully saturated rings. The number of Topliss-reactive ketones (excluding diaryl/α,β-unsaturated/α-hetero) is 1. The van der Waals surface area contributed by atoms with E-state index in [1.807, 2.05) is 60.4 Å². The van der Waals surface area contributed by atoms with Crippen molar-refractivity contribution in [3.8, 4) is 0 Å². The standard InChI is InChI=1S/C29H37BrN6O2/c1-19(21-9-13-24(30)14-10-21)31-28(38)36(25-15-11-23(12-16-25)29(2,3)4)18-20-5-7-22(8-6-20)26(37)17-27-32-34-35-33-27/h5-10,13-14,19,23,25H,11-12,15-18H2,1-4H3,(H,31,38)(H,32,33,34,35). The molecule has 2 N–H and O–H groups in total.